The largest absolute Gasteiger partial charge is 0.488 e. The highest BCUT2D eigenvalue weighted by atomic mass is 19.1. The summed E-state index contributed by atoms with van der Waals surface area (Å²) in [5.41, 5.74) is -1.77. The molecule has 0 aliphatic carbocycles. The molecular formula is C26H33F2N5O6. The van der Waals surface area contributed by atoms with E-state index in [2.05, 4.69) is 20.7 Å². The van der Waals surface area contributed by atoms with E-state index in [4.69, 9.17) is 14.2 Å². The molecule has 13 heteroatoms. The summed E-state index contributed by atoms with van der Waals surface area (Å²) in [5, 5.41) is 20.3. The number of esters is 1. The second-order valence-electron chi connectivity index (χ2n) is 10.1. The number of amides is 1. The molecule has 3 rings (SSSR count). The highest BCUT2D eigenvalue weighted by molar-refractivity contribution is 6.01. The van der Waals surface area contributed by atoms with Crippen molar-refractivity contribution in [3.05, 3.63) is 53.4 Å². The van der Waals surface area contributed by atoms with Gasteiger partial charge in [0.05, 0.1) is 37.7 Å². The number of aliphatic hydroxyl groups is 1. The van der Waals surface area contributed by atoms with Crippen LogP contribution in [0.25, 0.3) is 5.65 Å². The van der Waals surface area contributed by atoms with Crippen LogP contribution in [0.1, 0.15) is 57.5 Å². The lowest BCUT2D eigenvalue weighted by Gasteiger charge is -2.32. The summed E-state index contributed by atoms with van der Waals surface area (Å²) < 4.78 is 45.5. The van der Waals surface area contributed by atoms with E-state index < -0.39 is 47.5 Å². The molecule has 2 atom stereocenters. The number of alkyl carbamates (subject to hydrolysis) is 1. The summed E-state index contributed by atoms with van der Waals surface area (Å²) in [6.45, 7) is 9.65. The number of carbonyl (C=O) groups excluding carboxylic acids is 2. The predicted molar refractivity (Wildman–Crippen MR) is 138 cm³/mol. The van der Waals surface area contributed by atoms with Crippen LogP contribution in [0.2, 0.25) is 0 Å². The third kappa shape index (κ3) is 7.31. The van der Waals surface area contributed by atoms with E-state index >= 15 is 0 Å². The number of rotatable bonds is 10. The minimum atomic E-state index is -1.38. The fourth-order valence-electron chi connectivity index (χ4n) is 3.69. The van der Waals surface area contributed by atoms with Gasteiger partial charge in [0, 0.05) is 11.6 Å². The summed E-state index contributed by atoms with van der Waals surface area (Å²) in [6.07, 6.45) is 0.715. The number of benzene rings is 1. The topological polar surface area (TPSA) is 136 Å². The second kappa shape index (κ2) is 11.8. The van der Waals surface area contributed by atoms with Crippen molar-refractivity contribution in [1.29, 1.82) is 0 Å². The fraction of sp³-hybridized carbons (Fsp3) is 0.462. The van der Waals surface area contributed by atoms with Gasteiger partial charge in [0.1, 0.15) is 28.8 Å². The van der Waals surface area contributed by atoms with Gasteiger partial charge < -0.3 is 30.0 Å². The van der Waals surface area contributed by atoms with Crippen molar-refractivity contribution in [2.24, 2.45) is 0 Å². The van der Waals surface area contributed by atoms with Gasteiger partial charge in [-0.05, 0) is 53.7 Å². The summed E-state index contributed by atoms with van der Waals surface area (Å²) in [6, 6.07) is 3.75. The zero-order valence-electron chi connectivity index (χ0n) is 22.7. The van der Waals surface area contributed by atoms with Crippen molar-refractivity contribution in [2.45, 2.75) is 58.8 Å². The van der Waals surface area contributed by atoms with Gasteiger partial charge in [-0.25, -0.2) is 27.9 Å². The van der Waals surface area contributed by atoms with E-state index in [-0.39, 0.29) is 35.9 Å². The molecule has 1 amide bonds. The minimum absolute atomic E-state index is 0.0371. The van der Waals surface area contributed by atoms with Gasteiger partial charge in [-0.2, -0.15) is 0 Å². The average Bonchev–Trinajstić information content (AvgIpc) is 3.18. The first-order chi connectivity index (χ1) is 18.3. The maximum absolute atomic E-state index is 14.3. The van der Waals surface area contributed by atoms with Gasteiger partial charge in [0.25, 0.3) is 0 Å². The van der Waals surface area contributed by atoms with Gasteiger partial charge in [-0.1, -0.05) is 0 Å². The van der Waals surface area contributed by atoms with Crippen LogP contribution in [0.15, 0.2) is 30.6 Å². The van der Waals surface area contributed by atoms with E-state index in [1.807, 2.05) is 0 Å². The Morgan fingerprint density at radius 2 is 1.90 bits per heavy atom. The number of ether oxygens (including phenoxy) is 3. The van der Waals surface area contributed by atoms with Crippen molar-refractivity contribution < 1.29 is 37.7 Å². The van der Waals surface area contributed by atoms with Crippen LogP contribution in [0.4, 0.5) is 19.4 Å². The lowest BCUT2D eigenvalue weighted by Crippen LogP contribution is -2.39. The number of carbonyl (C=O) groups is 2. The lowest BCUT2D eigenvalue weighted by molar-refractivity contribution is 0.0500. The molecule has 11 nitrogen and oxygen atoms in total. The maximum atomic E-state index is 14.3. The molecule has 212 valence electrons. The van der Waals surface area contributed by atoms with E-state index in [1.54, 1.807) is 41.5 Å². The Bertz CT molecular complexity index is 1340. The quantitative estimate of drug-likeness (QED) is 0.323. The number of anilines is 1. The first kappa shape index (κ1) is 29.6. The molecule has 0 unspecified atom stereocenters. The van der Waals surface area contributed by atoms with Gasteiger partial charge in [-0.3, -0.25) is 0 Å². The monoisotopic (exact) mass is 549 g/mol. The Labute approximate surface area is 224 Å². The lowest BCUT2D eigenvalue weighted by atomic mass is 9.91. The number of nitrogens with zero attached hydrogens (tertiary/aromatic N) is 3. The molecule has 2 heterocycles. The first-order valence-electron chi connectivity index (χ1n) is 12.3. The zero-order chi connectivity index (χ0) is 29.0. The van der Waals surface area contributed by atoms with Crippen LogP contribution in [0, 0.1) is 11.6 Å². The first-order valence-corrected chi connectivity index (χ1v) is 12.3. The number of nitrogens with one attached hydrogen (secondary N) is 2. The minimum Gasteiger partial charge on any atom is -0.488 e. The second-order valence-corrected chi connectivity index (χ2v) is 10.1. The van der Waals surface area contributed by atoms with Gasteiger partial charge in [0.2, 0.25) is 0 Å². The Hall–Kier alpha value is -4.00. The molecule has 0 bridgehead atoms. The van der Waals surface area contributed by atoms with Crippen LogP contribution in [0.5, 0.6) is 5.75 Å². The van der Waals surface area contributed by atoms with Crippen LogP contribution < -0.4 is 15.4 Å². The van der Waals surface area contributed by atoms with Crippen LogP contribution in [0.3, 0.4) is 0 Å². The van der Waals surface area contributed by atoms with E-state index in [9.17, 15) is 23.5 Å². The third-order valence-corrected chi connectivity index (χ3v) is 5.43. The normalized spacial score (nSPS) is 13.9. The Morgan fingerprint density at radius 3 is 2.54 bits per heavy atom. The van der Waals surface area contributed by atoms with Crippen molar-refractivity contribution in [3.63, 3.8) is 0 Å². The predicted octanol–water partition coefficient (Wildman–Crippen LogP) is 3.80. The zero-order valence-corrected chi connectivity index (χ0v) is 22.7. The molecule has 2 aromatic heterocycles. The van der Waals surface area contributed by atoms with Crippen LogP contribution in [-0.4, -0.2) is 63.2 Å². The van der Waals surface area contributed by atoms with Gasteiger partial charge >= 0.3 is 12.1 Å². The Balaban J connectivity index is 1.93. The smallest absolute Gasteiger partial charge is 0.407 e. The average molecular weight is 550 g/mol. The van der Waals surface area contributed by atoms with Crippen molar-refractivity contribution in [3.8, 4) is 5.75 Å². The molecule has 0 spiro atoms. The molecule has 0 aliphatic rings. The number of aromatic nitrogens is 3. The van der Waals surface area contributed by atoms with Crippen LogP contribution >= 0.6 is 0 Å². The molecule has 0 fully saturated rings. The summed E-state index contributed by atoms with van der Waals surface area (Å²) in [7, 11) is 0. The summed E-state index contributed by atoms with van der Waals surface area (Å²) in [4.78, 5) is 28.7. The number of hydrogen-bond acceptors (Lipinski definition) is 9. The van der Waals surface area contributed by atoms with Crippen molar-refractivity contribution in [1.82, 2.24) is 19.9 Å². The standard InChI is InChI=1S/C26H33F2N5O6/c1-7-37-23(35)20-21(32-33-13-17(28)12-29-22(20)33)31-26(6,14-34)18-9-8-16(27)10-19(18)38-15(2)11-30-24(36)39-25(3,4)5/h8-10,12-13,15,34H,7,11,14H2,1-6H3,(H,30,36)(H,31,32)/t15-,26-/m0/s1. The van der Waals surface area contributed by atoms with E-state index in [0.29, 0.717) is 5.56 Å². The molecule has 0 aliphatic heterocycles. The van der Waals surface area contributed by atoms with E-state index in [1.165, 1.54) is 12.1 Å². The van der Waals surface area contributed by atoms with Crippen molar-refractivity contribution in [2.75, 3.05) is 25.1 Å². The number of hydrogen-bond donors (Lipinski definition) is 3. The van der Waals surface area contributed by atoms with E-state index in [0.717, 1.165) is 23.0 Å². The highest BCUT2D eigenvalue weighted by Crippen LogP contribution is 2.35. The molecule has 39 heavy (non-hydrogen) atoms. The van der Waals surface area contributed by atoms with Crippen molar-refractivity contribution >= 4 is 23.5 Å². The molecule has 0 saturated carbocycles. The third-order valence-electron chi connectivity index (χ3n) is 5.43. The molecule has 1 aromatic carbocycles. The fourth-order valence-corrected chi connectivity index (χ4v) is 3.69. The molecule has 3 aromatic rings. The Kier molecular flexibility index (Phi) is 8.95. The summed E-state index contributed by atoms with van der Waals surface area (Å²) >= 11 is 0. The molecule has 0 radical (unpaired) electrons. The summed E-state index contributed by atoms with van der Waals surface area (Å²) in [5.74, 6) is -2.01. The van der Waals surface area contributed by atoms with Gasteiger partial charge in [-0.15, -0.1) is 5.10 Å². The Morgan fingerprint density at radius 1 is 1.18 bits per heavy atom. The number of aliphatic hydroxyl groups excluding tert-OH is 1. The number of halogens is 2. The molecule has 0 saturated heterocycles. The SMILES string of the molecule is CCOC(=O)c1c(N[C@@](C)(CO)c2ccc(F)cc2O[C@@H](C)CNC(=O)OC(C)(C)C)nn2cc(F)cnc12. The molecule has 3 N–H and O–H groups in total. The maximum Gasteiger partial charge on any atom is 0.407 e. The van der Waals surface area contributed by atoms with Gasteiger partial charge in [0.15, 0.2) is 17.3 Å². The molecular weight excluding hydrogens is 516 g/mol. The highest BCUT2D eigenvalue weighted by Gasteiger charge is 2.34. The number of fused-ring (bicyclic) bond motifs is 1. The van der Waals surface area contributed by atoms with Crippen LogP contribution in [-0.2, 0) is 15.0 Å².